The molecule has 0 spiro atoms. The topological polar surface area (TPSA) is 39.7 Å². The highest BCUT2D eigenvalue weighted by Crippen LogP contribution is 2.08. The van der Waals surface area contributed by atoms with Gasteiger partial charge in [0.1, 0.15) is 0 Å². The van der Waals surface area contributed by atoms with E-state index in [1.807, 2.05) is 0 Å². The number of hydrogen-bond acceptors (Lipinski definition) is 2. The molecule has 0 aliphatic carbocycles. The first kappa shape index (κ1) is 21.2. The number of hydrogen-bond donors (Lipinski definition) is 2. The van der Waals surface area contributed by atoms with Gasteiger partial charge in [0.05, 0.1) is 6.54 Å². The maximum Gasteiger partial charge on any atom is 0.191 e. The van der Waals surface area contributed by atoms with E-state index < -0.39 is 0 Å². The van der Waals surface area contributed by atoms with Crippen LogP contribution in [0.15, 0.2) is 29.3 Å². The minimum atomic E-state index is 0. The summed E-state index contributed by atoms with van der Waals surface area (Å²) in [6.45, 7) is 11.0. The second-order valence-electron chi connectivity index (χ2n) is 5.27. The first-order valence-corrected chi connectivity index (χ1v) is 7.98. The van der Waals surface area contributed by atoms with E-state index in [0.29, 0.717) is 6.54 Å². The third-order valence-corrected chi connectivity index (χ3v) is 3.29. The molecular weight excluding hydrogens is 387 g/mol. The van der Waals surface area contributed by atoms with Crippen molar-refractivity contribution in [3.05, 3.63) is 35.4 Å². The van der Waals surface area contributed by atoms with Crippen molar-refractivity contribution in [2.75, 3.05) is 26.7 Å². The van der Waals surface area contributed by atoms with Crippen LogP contribution in [0.3, 0.4) is 0 Å². The van der Waals surface area contributed by atoms with Crippen LogP contribution in [-0.2, 0) is 13.1 Å². The summed E-state index contributed by atoms with van der Waals surface area (Å²) in [5.41, 5.74) is 2.60. The smallest absolute Gasteiger partial charge is 0.191 e. The first-order valence-electron chi connectivity index (χ1n) is 7.98. The Balaban J connectivity index is 0.00000441. The summed E-state index contributed by atoms with van der Waals surface area (Å²) >= 11 is 0. The molecule has 1 aromatic rings. The van der Waals surface area contributed by atoms with Crippen LogP contribution in [0.1, 0.15) is 38.3 Å². The lowest BCUT2D eigenvalue weighted by Crippen LogP contribution is -2.37. The van der Waals surface area contributed by atoms with Crippen molar-refractivity contribution >= 4 is 29.9 Å². The normalized spacial score (nSPS) is 11.2. The Morgan fingerprint density at radius 3 is 2.50 bits per heavy atom. The van der Waals surface area contributed by atoms with Gasteiger partial charge in [-0.3, -0.25) is 0 Å². The molecule has 0 atom stereocenters. The average Bonchev–Trinajstić information content (AvgIpc) is 2.50. The molecule has 126 valence electrons. The molecule has 5 heteroatoms. The van der Waals surface area contributed by atoms with Crippen LogP contribution in [0.25, 0.3) is 0 Å². The average molecular weight is 418 g/mol. The van der Waals surface area contributed by atoms with Gasteiger partial charge in [0, 0.05) is 19.6 Å². The van der Waals surface area contributed by atoms with E-state index in [1.165, 1.54) is 11.1 Å². The lowest BCUT2D eigenvalue weighted by molar-refractivity contribution is 0.345. The number of nitrogens with zero attached hydrogens (tertiary/aromatic N) is 2. The summed E-state index contributed by atoms with van der Waals surface area (Å²) in [5.74, 6) is 0.899. The molecule has 0 amide bonds. The summed E-state index contributed by atoms with van der Waals surface area (Å²) in [4.78, 5) is 6.94. The minimum Gasteiger partial charge on any atom is -0.357 e. The molecule has 22 heavy (non-hydrogen) atoms. The summed E-state index contributed by atoms with van der Waals surface area (Å²) in [7, 11) is 2.14. The fourth-order valence-corrected chi connectivity index (χ4v) is 2.01. The van der Waals surface area contributed by atoms with Crippen LogP contribution < -0.4 is 10.6 Å². The van der Waals surface area contributed by atoms with Crippen LogP contribution >= 0.6 is 24.0 Å². The summed E-state index contributed by atoms with van der Waals surface area (Å²) in [6, 6.07) is 8.69. The van der Waals surface area contributed by atoms with E-state index in [1.54, 1.807) is 0 Å². The van der Waals surface area contributed by atoms with Gasteiger partial charge in [-0.25, -0.2) is 4.99 Å². The van der Waals surface area contributed by atoms with Crippen LogP contribution in [-0.4, -0.2) is 37.5 Å². The Bertz CT molecular complexity index is 434. The molecule has 1 rings (SSSR count). The summed E-state index contributed by atoms with van der Waals surface area (Å²) in [5, 5.41) is 6.60. The van der Waals surface area contributed by atoms with Gasteiger partial charge in [-0.1, -0.05) is 38.1 Å². The molecule has 2 N–H and O–H groups in total. The standard InChI is InChI=1S/C17H30N4.HI/c1-5-11-19-17(18-6-2)20-13-15-9-8-10-16(12-15)14-21(4)7-3;/h8-10,12H,5-7,11,13-14H2,1-4H3,(H2,18,19,20);1H. The molecule has 0 aliphatic heterocycles. The van der Waals surface area contributed by atoms with Crippen molar-refractivity contribution in [3.8, 4) is 0 Å². The highest BCUT2D eigenvalue weighted by atomic mass is 127. The predicted molar refractivity (Wildman–Crippen MR) is 107 cm³/mol. The molecule has 0 radical (unpaired) electrons. The summed E-state index contributed by atoms with van der Waals surface area (Å²) < 4.78 is 0. The molecule has 0 aliphatic rings. The Labute approximate surface area is 152 Å². The van der Waals surface area contributed by atoms with E-state index in [4.69, 9.17) is 0 Å². The number of benzene rings is 1. The molecule has 0 bridgehead atoms. The quantitative estimate of drug-likeness (QED) is 0.387. The van der Waals surface area contributed by atoms with Gasteiger partial charge in [-0.2, -0.15) is 0 Å². The summed E-state index contributed by atoms with van der Waals surface area (Å²) in [6.07, 6.45) is 1.10. The third-order valence-electron chi connectivity index (χ3n) is 3.29. The van der Waals surface area contributed by atoms with Gasteiger partial charge >= 0.3 is 0 Å². The Morgan fingerprint density at radius 1 is 1.14 bits per heavy atom. The van der Waals surface area contributed by atoms with E-state index in [-0.39, 0.29) is 24.0 Å². The van der Waals surface area contributed by atoms with Crippen molar-refractivity contribution in [1.82, 2.24) is 15.5 Å². The van der Waals surface area contributed by atoms with Gasteiger partial charge in [0.15, 0.2) is 5.96 Å². The van der Waals surface area contributed by atoms with Gasteiger partial charge in [-0.15, -0.1) is 24.0 Å². The molecule has 4 nitrogen and oxygen atoms in total. The zero-order chi connectivity index (χ0) is 15.5. The molecule has 0 unspecified atom stereocenters. The van der Waals surface area contributed by atoms with E-state index >= 15 is 0 Å². The largest absolute Gasteiger partial charge is 0.357 e. The van der Waals surface area contributed by atoms with Crippen molar-refractivity contribution in [2.45, 2.75) is 40.3 Å². The Morgan fingerprint density at radius 2 is 1.86 bits per heavy atom. The molecule has 0 heterocycles. The molecule has 1 aromatic carbocycles. The van der Waals surface area contributed by atoms with Gasteiger partial charge in [0.2, 0.25) is 0 Å². The SMILES string of the molecule is CCCNC(=NCc1cccc(CN(C)CC)c1)NCC.I. The van der Waals surface area contributed by atoms with Crippen molar-refractivity contribution in [3.63, 3.8) is 0 Å². The monoisotopic (exact) mass is 418 g/mol. The number of nitrogens with one attached hydrogen (secondary N) is 2. The van der Waals surface area contributed by atoms with Gasteiger partial charge in [-0.05, 0) is 38.1 Å². The molecule has 0 saturated heterocycles. The second kappa shape index (κ2) is 12.7. The van der Waals surface area contributed by atoms with E-state index in [9.17, 15) is 0 Å². The Kier molecular flexibility index (Phi) is 12.2. The highest BCUT2D eigenvalue weighted by Gasteiger charge is 2.00. The maximum absolute atomic E-state index is 4.64. The zero-order valence-electron chi connectivity index (χ0n) is 14.4. The number of halogens is 1. The minimum absolute atomic E-state index is 0. The fourth-order valence-electron chi connectivity index (χ4n) is 2.01. The maximum atomic E-state index is 4.64. The van der Waals surface area contributed by atoms with Gasteiger partial charge in [0.25, 0.3) is 0 Å². The number of aliphatic imine (C=N–C) groups is 1. The zero-order valence-corrected chi connectivity index (χ0v) is 16.7. The van der Waals surface area contributed by atoms with Gasteiger partial charge < -0.3 is 15.5 Å². The van der Waals surface area contributed by atoms with E-state index in [0.717, 1.165) is 38.6 Å². The molecular formula is C17H31IN4. The first-order chi connectivity index (χ1) is 10.2. The lowest BCUT2D eigenvalue weighted by atomic mass is 10.1. The molecule has 0 aromatic heterocycles. The van der Waals surface area contributed by atoms with Crippen LogP contribution in [0, 0.1) is 0 Å². The number of rotatable bonds is 8. The van der Waals surface area contributed by atoms with E-state index in [2.05, 4.69) is 72.6 Å². The van der Waals surface area contributed by atoms with Crippen molar-refractivity contribution in [1.29, 1.82) is 0 Å². The fraction of sp³-hybridized carbons (Fsp3) is 0.588. The number of guanidine groups is 1. The van der Waals surface area contributed by atoms with Crippen LogP contribution in [0.4, 0.5) is 0 Å². The predicted octanol–water partition coefficient (Wildman–Crippen LogP) is 3.22. The highest BCUT2D eigenvalue weighted by molar-refractivity contribution is 14.0. The Hall–Kier alpha value is -0.820. The van der Waals surface area contributed by atoms with Crippen LogP contribution in [0.5, 0.6) is 0 Å². The molecule has 0 saturated carbocycles. The van der Waals surface area contributed by atoms with Crippen LogP contribution in [0.2, 0.25) is 0 Å². The molecule has 0 fully saturated rings. The lowest BCUT2D eigenvalue weighted by Gasteiger charge is -2.14. The van der Waals surface area contributed by atoms with Crippen molar-refractivity contribution in [2.24, 2.45) is 4.99 Å². The van der Waals surface area contributed by atoms with Crippen molar-refractivity contribution < 1.29 is 0 Å². The third kappa shape index (κ3) is 8.58. The second-order valence-corrected chi connectivity index (χ2v) is 5.27.